The molecule has 1 N–H and O–H groups in total. The molecule has 88 valence electrons. The maximum Gasteiger partial charge on any atom is 0.261 e. The largest absolute Gasteiger partial charge is 0.351 e. The fraction of sp³-hybridized carbons (Fsp3) is 0.583. The van der Waals surface area contributed by atoms with E-state index in [0.29, 0.717) is 5.41 Å². The van der Waals surface area contributed by atoms with Crippen LogP contribution in [0, 0.1) is 12.3 Å². The van der Waals surface area contributed by atoms with Gasteiger partial charge in [0.1, 0.15) is 0 Å². The maximum atomic E-state index is 11.9. The van der Waals surface area contributed by atoms with E-state index in [9.17, 15) is 4.79 Å². The molecule has 4 heteroatoms. The van der Waals surface area contributed by atoms with E-state index < -0.39 is 0 Å². The van der Waals surface area contributed by atoms with Gasteiger partial charge in [-0.3, -0.25) is 4.79 Å². The highest BCUT2D eigenvalue weighted by Crippen LogP contribution is 2.48. The number of amides is 1. The Bertz CT molecular complexity index is 384. The number of hydrogen-bond acceptors (Lipinski definition) is 2. The molecule has 1 aliphatic carbocycles. The first-order valence-corrected chi connectivity index (χ1v) is 7.55. The van der Waals surface area contributed by atoms with Crippen molar-refractivity contribution in [3.8, 4) is 0 Å². The summed E-state index contributed by atoms with van der Waals surface area (Å²) in [4.78, 5) is 12.7. The van der Waals surface area contributed by atoms with E-state index in [-0.39, 0.29) is 5.91 Å². The van der Waals surface area contributed by atoms with Crippen LogP contribution in [0.4, 0.5) is 0 Å². The third-order valence-electron chi connectivity index (χ3n) is 3.27. The number of rotatable bonds is 5. The Morgan fingerprint density at radius 3 is 2.88 bits per heavy atom. The van der Waals surface area contributed by atoms with Crippen LogP contribution in [0.25, 0.3) is 0 Å². The summed E-state index contributed by atoms with van der Waals surface area (Å²) < 4.78 is 0. The molecule has 0 saturated heterocycles. The topological polar surface area (TPSA) is 29.1 Å². The SMILES string of the molecule is Cc1ccsc1C(=O)NCC1(CCBr)CC1. The molecule has 2 nitrogen and oxygen atoms in total. The van der Waals surface area contributed by atoms with E-state index in [0.717, 1.165) is 28.7 Å². The van der Waals surface area contributed by atoms with Crippen LogP contribution < -0.4 is 5.32 Å². The van der Waals surface area contributed by atoms with Gasteiger partial charge in [0.25, 0.3) is 5.91 Å². The van der Waals surface area contributed by atoms with Crippen LogP contribution in [0.5, 0.6) is 0 Å². The van der Waals surface area contributed by atoms with Gasteiger partial charge in [-0.2, -0.15) is 0 Å². The molecule has 1 heterocycles. The van der Waals surface area contributed by atoms with Crippen LogP contribution in [0.1, 0.15) is 34.5 Å². The second-order valence-electron chi connectivity index (χ2n) is 4.55. The van der Waals surface area contributed by atoms with Crippen molar-refractivity contribution < 1.29 is 4.79 Å². The van der Waals surface area contributed by atoms with Gasteiger partial charge in [-0.25, -0.2) is 0 Å². The minimum atomic E-state index is 0.0911. The molecule has 16 heavy (non-hydrogen) atoms. The quantitative estimate of drug-likeness (QED) is 0.830. The molecule has 0 aromatic carbocycles. The van der Waals surface area contributed by atoms with Gasteiger partial charge in [-0.05, 0) is 48.6 Å². The standard InChI is InChI=1S/C12H16BrNOS/c1-9-2-7-16-10(9)11(15)14-8-12(3-4-12)5-6-13/h2,7H,3-6,8H2,1H3,(H,14,15). The summed E-state index contributed by atoms with van der Waals surface area (Å²) >= 11 is 4.99. The Hall–Kier alpha value is -0.350. The Balaban J connectivity index is 1.87. The number of halogens is 1. The fourth-order valence-electron chi connectivity index (χ4n) is 1.85. The van der Waals surface area contributed by atoms with Crippen molar-refractivity contribution in [3.63, 3.8) is 0 Å². The molecule has 1 fully saturated rings. The van der Waals surface area contributed by atoms with Gasteiger partial charge in [0.2, 0.25) is 0 Å². The van der Waals surface area contributed by atoms with Crippen molar-refractivity contribution in [3.05, 3.63) is 21.9 Å². The summed E-state index contributed by atoms with van der Waals surface area (Å²) in [6.07, 6.45) is 3.67. The Labute approximate surface area is 109 Å². The molecular weight excluding hydrogens is 286 g/mol. The minimum absolute atomic E-state index is 0.0911. The zero-order valence-electron chi connectivity index (χ0n) is 9.38. The lowest BCUT2D eigenvalue weighted by molar-refractivity contribution is 0.0948. The lowest BCUT2D eigenvalue weighted by atomic mass is 10.0. The van der Waals surface area contributed by atoms with E-state index in [4.69, 9.17) is 0 Å². The predicted octanol–water partition coefficient (Wildman–Crippen LogP) is 3.35. The normalized spacial score (nSPS) is 17.1. The molecule has 0 atom stereocenters. The highest BCUT2D eigenvalue weighted by molar-refractivity contribution is 9.09. The average Bonchev–Trinajstić information content (AvgIpc) is 2.89. The number of carbonyl (C=O) groups is 1. The Morgan fingerprint density at radius 1 is 1.62 bits per heavy atom. The molecule has 0 bridgehead atoms. The van der Waals surface area contributed by atoms with Crippen LogP contribution in [-0.4, -0.2) is 17.8 Å². The van der Waals surface area contributed by atoms with E-state index in [1.54, 1.807) is 0 Å². The van der Waals surface area contributed by atoms with Crippen LogP contribution >= 0.6 is 27.3 Å². The van der Waals surface area contributed by atoms with E-state index in [2.05, 4.69) is 21.2 Å². The minimum Gasteiger partial charge on any atom is -0.351 e. The maximum absolute atomic E-state index is 11.9. The molecular formula is C12H16BrNOS. The smallest absolute Gasteiger partial charge is 0.261 e. The Morgan fingerprint density at radius 2 is 2.38 bits per heavy atom. The molecule has 1 aliphatic rings. The van der Waals surface area contributed by atoms with Crippen molar-refractivity contribution in [2.45, 2.75) is 26.2 Å². The van der Waals surface area contributed by atoms with Gasteiger partial charge in [0.15, 0.2) is 0 Å². The number of thiophene rings is 1. The van der Waals surface area contributed by atoms with Crippen molar-refractivity contribution in [1.29, 1.82) is 0 Å². The van der Waals surface area contributed by atoms with E-state index in [1.165, 1.54) is 24.2 Å². The lowest BCUT2D eigenvalue weighted by Crippen LogP contribution is -2.30. The van der Waals surface area contributed by atoms with E-state index >= 15 is 0 Å². The van der Waals surface area contributed by atoms with Gasteiger partial charge in [0, 0.05) is 11.9 Å². The molecule has 1 aromatic heterocycles. The third kappa shape index (κ3) is 2.66. The fourth-order valence-corrected chi connectivity index (χ4v) is 3.53. The number of nitrogens with one attached hydrogen (secondary N) is 1. The van der Waals surface area contributed by atoms with Gasteiger partial charge < -0.3 is 5.32 Å². The molecule has 1 amide bonds. The molecule has 1 saturated carbocycles. The van der Waals surface area contributed by atoms with Gasteiger partial charge in [0.05, 0.1) is 4.88 Å². The summed E-state index contributed by atoms with van der Waals surface area (Å²) in [6.45, 7) is 2.81. The average molecular weight is 302 g/mol. The second-order valence-corrected chi connectivity index (χ2v) is 6.26. The second kappa shape index (κ2) is 4.88. The summed E-state index contributed by atoms with van der Waals surface area (Å²) in [5, 5.41) is 6.06. The molecule has 0 unspecified atom stereocenters. The number of hydrogen-bond donors (Lipinski definition) is 1. The summed E-state index contributed by atoms with van der Waals surface area (Å²) in [5.74, 6) is 0.0911. The predicted molar refractivity (Wildman–Crippen MR) is 71.5 cm³/mol. The van der Waals surface area contributed by atoms with Crippen molar-refractivity contribution in [1.82, 2.24) is 5.32 Å². The summed E-state index contributed by atoms with van der Waals surface area (Å²) in [7, 11) is 0. The van der Waals surface area contributed by atoms with Crippen LogP contribution in [-0.2, 0) is 0 Å². The molecule has 2 rings (SSSR count). The third-order valence-corrected chi connectivity index (χ3v) is 4.69. The van der Waals surface area contributed by atoms with Crippen LogP contribution in [0.15, 0.2) is 11.4 Å². The van der Waals surface area contributed by atoms with Gasteiger partial charge in [-0.1, -0.05) is 15.9 Å². The highest BCUT2D eigenvalue weighted by Gasteiger charge is 2.41. The van der Waals surface area contributed by atoms with Crippen LogP contribution in [0.3, 0.4) is 0 Å². The molecule has 0 radical (unpaired) electrons. The molecule has 0 spiro atoms. The summed E-state index contributed by atoms with van der Waals surface area (Å²) in [6, 6.07) is 1.99. The lowest BCUT2D eigenvalue weighted by Gasteiger charge is -2.14. The zero-order chi connectivity index (χ0) is 11.6. The number of carbonyl (C=O) groups excluding carboxylic acids is 1. The molecule has 1 aromatic rings. The first-order valence-electron chi connectivity index (χ1n) is 5.55. The number of aryl methyl sites for hydroxylation is 1. The van der Waals surface area contributed by atoms with Crippen molar-refractivity contribution >= 4 is 33.2 Å². The first-order chi connectivity index (χ1) is 7.67. The van der Waals surface area contributed by atoms with Crippen molar-refractivity contribution in [2.75, 3.05) is 11.9 Å². The summed E-state index contributed by atoms with van der Waals surface area (Å²) in [5.41, 5.74) is 1.47. The van der Waals surface area contributed by atoms with E-state index in [1.807, 2.05) is 18.4 Å². The monoisotopic (exact) mass is 301 g/mol. The highest BCUT2D eigenvalue weighted by atomic mass is 79.9. The number of alkyl halides is 1. The van der Waals surface area contributed by atoms with Crippen molar-refractivity contribution in [2.24, 2.45) is 5.41 Å². The zero-order valence-corrected chi connectivity index (χ0v) is 11.8. The Kier molecular flexibility index (Phi) is 3.70. The first kappa shape index (κ1) is 12.1. The molecule has 0 aliphatic heterocycles. The van der Waals surface area contributed by atoms with Gasteiger partial charge in [-0.15, -0.1) is 11.3 Å². The van der Waals surface area contributed by atoms with Gasteiger partial charge >= 0.3 is 0 Å². The van der Waals surface area contributed by atoms with Crippen LogP contribution in [0.2, 0.25) is 0 Å².